The molecule has 4 heteroatoms. The zero-order valence-electron chi connectivity index (χ0n) is 33.4. The number of aryl methyl sites for hydroxylation is 6. The highest BCUT2D eigenvalue weighted by atomic mass is 31.1. The van der Waals surface area contributed by atoms with Crippen LogP contribution in [0.1, 0.15) is 61.1 Å². The van der Waals surface area contributed by atoms with Crippen molar-refractivity contribution in [3.8, 4) is 22.6 Å². The minimum absolute atomic E-state index is 0.0105. The SMILES string of the molecule is Cc1cc(C)cc(Pc2c(OC(C)C)cc3ccccc3c2-c2c(P(c3cc(C)cc(C)c3)c3cc(C)cc(C)c3)c(OC(C)C)cc3ccccc23)c1. The molecule has 0 fully saturated rings. The predicted molar refractivity (Wildman–Crippen MR) is 240 cm³/mol. The second-order valence-electron chi connectivity index (χ2n) is 15.5. The van der Waals surface area contributed by atoms with Crippen molar-refractivity contribution in [2.75, 3.05) is 0 Å². The van der Waals surface area contributed by atoms with E-state index in [1.54, 1.807) is 0 Å². The van der Waals surface area contributed by atoms with Crippen LogP contribution >= 0.6 is 16.5 Å². The smallest absolute Gasteiger partial charge is 0.129 e. The molecule has 0 heterocycles. The van der Waals surface area contributed by atoms with Crippen molar-refractivity contribution >= 4 is 64.6 Å². The third-order valence-electron chi connectivity index (χ3n) is 9.62. The van der Waals surface area contributed by atoms with Crippen LogP contribution in [0.15, 0.2) is 115 Å². The van der Waals surface area contributed by atoms with E-state index in [-0.39, 0.29) is 12.2 Å². The lowest BCUT2D eigenvalue weighted by Crippen LogP contribution is -2.27. The van der Waals surface area contributed by atoms with Gasteiger partial charge in [0, 0.05) is 21.7 Å². The number of hydrogen-bond acceptors (Lipinski definition) is 2. The maximum atomic E-state index is 7.04. The van der Waals surface area contributed by atoms with E-state index >= 15 is 0 Å². The Kier molecular flexibility index (Phi) is 11.0. The average molecular weight is 747 g/mol. The summed E-state index contributed by atoms with van der Waals surface area (Å²) in [6.45, 7) is 21.9. The van der Waals surface area contributed by atoms with Crippen LogP contribution in [0.3, 0.4) is 0 Å². The lowest BCUT2D eigenvalue weighted by atomic mass is 9.93. The van der Waals surface area contributed by atoms with Gasteiger partial charge in [0.25, 0.3) is 0 Å². The fourth-order valence-electron chi connectivity index (χ4n) is 7.94. The highest BCUT2D eigenvalue weighted by Gasteiger charge is 2.31. The van der Waals surface area contributed by atoms with E-state index in [0.717, 1.165) is 11.5 Å². The maximum absolute atomic E-state index is 7.04. The standard InChI is InChI=1S/C50H52O2P2/c1-30(2)51-45-28-38-15-11-13-17-43(38)47(49(45)53-40-22-32(5)19-33(6)23-40)48-44-18-14-12-16-39(44)29-46(52-31(3)4)50(48)54(41-24-34(7)20-35(8)25-41)42-26-36(9)21-37(10)27-42/h11-31,53H,1-10H3. The van der Waals surface area contributed by atoms with Gasteiger partial charge in [-0.15, -0.1) is 0 Å². The topological polar surface area (TPSA) is 18.5 Å². The average Bonchev–Trinajstić information content (AvgIpc) is 3.07. The molecule has 2 nitrogen and oxygen atoms in total. The van der Waals surface area contributed by atoms with E-state index < -0.39 is 7.92 Å². The zero-order valence-corrected chi connectivity index (χ0v) is 35.3. The van der Waals surface area contributed by atoms with E-state index in [1.807, 2.05) is 0 Å². The van der Waals surface area contributed by atoms with Crippen LogP contribution in [0.5, 0.6) is 11.5 Å². The number of benzene rings is 7. The Morgan fingerprint density at radius 3 is 1.35 bits per heavy atom. The van der Waals surface area contributed by atoms with Crippen molar-refractivity contribution in [3.63, 3.8) is 0 Å². The summed E-state index contributed by atoms with van der Waals surface area (Å²) >= 11 is 0. The third kappa shape index (κ3) is 7.98. The first-order chi connectivity index (χ1) is 25.8. The Bertz CT molecular complexity index is 2400. The molecule has 54 heavy (non-hydrogen) atoms. The van der Waals surface area contributed by atoms with Gasteiger partial charge >= 0.3 is 0 Å². The minimum atomic E-state index is -1.11. The molecule has 7 aromatic carbocycles. The van der Waals surface area contributed by atoms with Crippen LogP contribution < -0.4 is 36.0 Å². The van der Waals surface area contributed by atoms with Gasteiger partial charge in [-0.3, -0.25) is 0 Å². The molecule has 0 aliphatic carbocycles. The summed E-state index contributed by atoms with van der Waals surface area (Å²) in [6, 6.07) is 43.5. The number of ether oxygens (including phenoxy) is 2. The largest absolute Gasteiger partial charge is 0.490 e. The van der Waals surface area contributed by atoms with Crippen molar-refractivity contribution in [3.05, 3.63) is 149 Å². The summed E-state index contributed by atoms with van der Waals surface area (Å²) in [5, 5.41) is 11.2. The first-order valence-electron chi connectivity index (χ1n) is 19.1. The highest BCUT2D eigenvalue weighted by Crippen LogP contribution is 2.48. The van der Waals surface area contributed by atoms with Gasteiger partial charge < -0.3 is 9.47 Å². The van der Waals surface area contributed by atoms with Crippen molar-refractivity contribution in [2.45, 2.75) is 81.4 Å². The lowest BCUT2D eigenvalue weighted by molar-refractivity contribution is 0.244. The Labute approximate surface area is 325 Å². The first kappa shape index (κ1) is 37.8. The Morgan fingerprint density at radius 1 is 0.463 bits per heavy atom. The molecule has 7 rings (SSSR count). The summed E-state index contributed by atoms with van der Waals surface area (Å²) in [6.07, 6.45) is -0.00614. The maximum Gasteiger partial charge on any atom is 0.129 e. The number of fused-ring (bicyclic) bond motifs is 2. The van der Waals surface area contributed by atoms with Crippen molar-refractivity contribution in [1.29, 1.82) is 0 Å². The highest BCUT2D eigenvalue weighted by molar-refractivity contribution is 7.80. The van der Waals surface area contributed by atoms with E-state index in [4.69, 9.17) is 9.47 Å². The van der Waals surface area contributed by atoms with Gasteiger partial charge in [-0.05, 0) is 127 Å². The van der Waals surface area contributed by atoms with E-state index in [0.29, 0.717) is 8.58 Å². The first-order valence-corrected chi connectivity index (χ1v) is 21.5. The molecular weight excluding hydrogens is 694 g/mol. The molecule has 0 N–H and O–H groups in total. The van der Waals surface area contributed by atoms with Crippen LogP contribution in [0, 0.1) is 41.5 Å². The molecule has 0 aliphatic rings. The molecule has 0 aromatic heterocycles. The molecule has 0 amide bonds. The van der Waals surface area contributed by atoms with Gasteiger partial charge in [0.05, 0.1) is 12.2 Å². The normalized spacial score (nSPS) is 11.9. The summed E-state index contributed by atoms with van der Waals surface area (Å²) in [5.74, 6) is 1.90. The Balaban J connectivity index is 1.73. The lowest BCUT2D eigenvalue weighted by Gasteiger charge is -2.30. The molecular formula is C50H52O2P2. The third-order valence-corrected chi connectivity index (χ3v) is 13.4. The molecule has 0 bridgehead atoms. The molecule has 0 aliphatic heterocycles. The molecule has 7 aromatic rings. The summed E-state index contributed by atoms with van der Waals surface area (Å²) in [4.78, 5) is 0. The molecule has 0 saturated heterocycles. The van der Waals surface area contributed by atoms with Gasteiger partial charge in [0.15, 0.2) is 0 Å². The molecule has 274 valence electrons. The fourth-order valence-corrected chi connectivity index (χ4v) is 12.4. The van der Waals surface area contributed by atoms with Gasteiger partial charge in [-0.2, -0.15) is 0 Å². The molecule has 1 atom stereocenters. The Hall–Kier alpha value is -4.48. The second-order valence-corrected chi connectivity index (χ2v) is 19.0. The van der Waals surface area contributed by atoms with Crippen molar-refractivity contribution in [2.24, 2.45) is 0 Å². The van der Waals surface area contributed by atoms with Crippen LogP contribution in [0.25, 0.3) is 32.7 Å². The van der Waals surface area contributed by atoms with Gasteiger partial charge in [-0.1, -0.05) is 145 Å². The van der Waals surface area contributed by atoms with Crippen molar-refractivity contribution in [1.82, 2.24) is 0 Å². The van der Waals surface area contributed by atoms with Crippen LogP contribution in [-0.2, 0) is 0 Å². The van der Waals surface area contributed by atoms with Crippen molar-refractivity contribution < 1.29 is 9.47 Å². The summed E-state index contributed by atoms with van der Waals surface area (Å²) < 4.78 is 13.9. The monoisotopic (exact) mass is 746 g/mol. The van der Waals surface area contributed by atoms with E-state index in [1.165, 1.54) is 92.6 Å². The summed E-state index contributed by atoms with van der Waals surface area (Å²) in [7, 11) is -0.730. The van der Waals surface area contributed by atoms with Crippen LogP contribution in [0.4, 0.5) is 0 Å². The Morgan fingerprint density at radius 2 is 0.870 bits per heavy atom. The van der Waals surface area contributed by atoms with Gasteiger partial charge in [0.1, 0.15) is 11.5 Å². The number of hydrogen-bond donors (Lipinski definition) is 0. The zero-order chi connectivity index (χ0) is 38.3. The second kappa shape index (κ2) is 15.7. The molecule has 0 radical (unpaired) electrons. The van der Waals surface area contributed by atoms with Crippen LogP contribution in [0.2, 0.25) is 0 Å². The molecule has 0 spiro atoms. The molecule has 0 saturated carbocycles. The fraction of sp³-hybridized carbons (Fsp3) is 0.240. The van der Waals surface area contributed by atoms with E-state index in [9.17, 15) is 0 Å². The molecule has 1 unspecified atom stereocenters. The minimum Gasteiger partial charge on any atom is -0.490 e. The van der Waals surface area contributed by atoms with Gasteiger partial charge in [-0.25, -0.2) is 0 Å². The summed E-state index contributed by atoms with van der Waals surface area (Å²) in [5.41, 5.74) is 10.1. The van der Waals surface area contributed by atoms with Crippen LogP contribution in [-0.4, -0.2) is 12.2 Å². The van der Waals surface area contributed by atoms with Gasteiger partial charge in [0.2, 0.25) is 0 Å². The number of rotatable bonds is 10. The quantitative estimate of drug-likeness (QED) is 0.130. The predicted octanol–water partition coefficient (Wildman–Crippen LogP) is 11.5. The van der Waals surface area contributed by atoms with E-state index in [2.05, 4.69) is 184 Å².